The van der Waals surface area contributed by atoms with Crippen molar-refractivity contribution in [2.75, 3.05) is 18.5 Å². The normalized spacial score (nSPS) is 13.0. The summed E-state index contributed by atoms with van der Waals surface area (Å²) in [6, 6.07) is 0.633. The standard InChI is InChI=1S/C12H16F3N3O3/c1-8(7-19)3-2-4-16-9-5-11(12(13,14)15)17-6-10(9)18(20)21/h5-6,8,19H,2-4,7H2,1H3,(H,16,17). The number of nitro groups is 1. The second kappa shape index (κ2) is 7.21. The average molecular weight is 307 g/mol. The Morgan fingerprint density at radius 3 is 2.71 bits per heavy atom. The molecule has 1 aromatic rings. The number of hydrogen-bond donors (Lipinski definition) is 2. The number of nitrogens with zero attached hydrogens (tertiary/aromatic N) is 2. The number of aromatic nitrogens is 1. The number of anilines is 1. The van der Waals surface area contributed by atoms with E-state index in [4.69, 9.17) is 5.11 Å². The van der Waals surface area contributed by atoms with Crippen LogP contribution >= 0.6 is 0 Å². The molecule has 0 aliphatic rings. The third kappa shape index (κ3) is 5.18. The molecular weight excluding hydrogens is 291 g/mol. The molecule has 1 rings (SSSR count). The van der Waals surface area contributed by atoms with Crippen LogP contribution < -0.4 is 5.32 Å². The van der Waals surface area contributed by atoms with E-state index in [0.29, 0.717) is 25.1 Å². The lowest BCUT2D eigenvalue weighted by molar-refractivity contribution is -0.384. The van der Waals surface area contributed by atoms with E-state index in [-0.39, 0.29) is 24.8 Å². The van der Waals surface area contributed by atoms with Crippen LogP contribution in [-0.4, -0.2) is 28.2 Å². The largest absolute Gasteiger partial charge is 0.433 e. The van der Waals surface area contributed by atoms with Gasteiger partial charge in [0.2, 0.25) is 0 Å². The van der Waals surface area contributed by atoms with Crippen molar-refractivity contribution in [1.82, 2.24) is 4.98 Å². The second-order valence-corrected chi connectivity index (χ2v) is 4.70. The summed E-state index contributed by atoms with van der Waals surface area (Å²) < 4.78 is 37.7. The molecule has 0 saturated heterocycles. The molecule has 0 spiro atoms. The molecule has 0 radical (unpaired) electrons. The Morgan fingerprint density at radius 1 is 1.52 bits per heavy atom. The fourth-order valence-electron chi connectivity index (χ4n) is 1.66. The van der Waals surface area contributed by atoms with Gasteiger partial charge in [0.05, 0.1) is 4.92 Å². The van der Waals surface area contributed by atoms with Crippen molar-refractivity contribution in [3.8, 4) is 0 Å². The summed E-state index contributed by atoms with van der Waals surface area (Å²) in [5.74, 6) is 0.0740. The van der Waals surface area contributed by atoms with E-state index in [1.54, 1.807) is 0 Å². The van der Waals surface area contributed by atoms with Crippen molar-refractivity contribution >= 4 is 11.4 Å². The SMILES string of the molecule is CC(CO)CCCNc1cc(C(F)(F)F)ncc1[N+](=O)[O-]. The molecule has 0 bridgehead atoms. The molecule has 0 aromatic carbocycles. The molecule has 9 heteroatoms. The first-order valence-electron chi connectivity index (χ1n) is 6.32. The molecule has 6 nitrogen and oxygen atoms in total. The zero-order valence-corrected chi connectivity index (χ0v) is 11.4. The Kier molecular flexibility index (Phi) is 5.89. The van der Waals surface area contributed by atoms with Crippen molar-refractivity contribution in [3.05, 3.63) is 28.1 Å². The van der Waals surface area contributed by atoms with E-state index in [9.17, 15) is 23.3 Å². The Hall–Kier alpha value is -1.90. The Labute approximate surface area is 119 Å². The topological polar surface area (TPSA) is 88.3 Å². The van der Waals surface area contributed by atoms with Gasteiger partial charge in [-0.3, -0.25) is 10.1 Å². The molecule has 1 aromatic heterocycles. The Morgan fingerprint density at radius 2 is 2.19 bits per heavy atom. The van der Waals surface area contributed by atoms with Crippen LogP contribution in [0.1, 0.15) is 25.5 Å². The summed E-state index contributed by atoms with van der Waals surface area (Å²) in [6.07, 6.45) is -2.82. The van der Waals surface area contributed by atoms with Crippen LogP contribution in [0.25, 0.3) is 0 Å². The van der Waals surface area contributed by atoms with Gasteiger partial charge in [-0.05, 0) is 24.8 Å². The molecule has 0 aliphatic heterocycles. The number of hydrogen-bond acceptors (Lipinski definition) is 5. The number of alkyl halides is 3. The van der Waals surface area contributed by atoms with Gasteiger partial charge in [0, 0.05) is 13.2 Å². The fraction of sp³-hybridized carbons (Fsp3) is 0.583. The Bertz CT molecular complexity index is 494. The molecule has 1 atom stereocenters. The maximum atomic E-state index is 12.6. The van der Waals surface area contributed by atoms with Gasteiger partial charge in [-0.2, -0.15) is 13.2 Å². The third-order valence-corrected chi connectivity index (χ3v) is 2.87. The molecule has 21 heavy (non-hydrogen) atoms. The first-order chi connectivity index (χ1) is 9.75. The van der Waals surface area contributed by atoms with Crippen molar-refractivity contribution < 1.29 is 23.2 Å². The van der Waals surface area contributed by atoms with Gasteiger partial charge in [0.1, 0.15) is 17.6 Å². The van der Waals surface area contributed by atoms with Gasteiger partial charge >= 0.3 is 11.9 Å². The van der Waals surface area contributed by atoms with Crippen molar-refractivity contribution in [2.45, 2.75) is 25.9 Å². The van der Waals surface area contributed by atoms with E-state index in [1.165, 1.54) is 0 Å². The van der Waals surface area contributed by atoms with Crippen LogP contribution in [0, 0.1) is 16.0 Å². The summed E-state index contributed by atoms with van der Waals surface area (Å²) in [4.78, 5) is 13.1. The minimum Gasteiger partial charge on any atom is -0.396 e. The van der Waals surface area contributed by atoms with Crippen LogP contribution in [-0.2, 0) is 6.18 Å². The summed E-state index contributed by atoms with van der Waals surface area (Å²) in [5, 5.41) is 22.3. The summed E-state index contributed by atoms with van der Waals surface area (Å²) in [7, 11) is 0. The minimum absolute atomic E-state index is 0.0215. The van der Waals surface area contributed by atoms with Crippen LogP contribution in [0.4, 0.5) is 24.5 Å². The molecule has 118 valence electrons. The van der Waals surface area contributed by atoms with E-state index in [2.05, 4.69) is 10.3 Å². The van der Waals surface area contributed by atoms with Gasteiger partial charge in [0.15, 0.2) is 0 Å². The predicted molar refractivity (Wildman–Crippen MR) is 69.9 cm³/mol. The van der Waals surface area contributed by atoms with Crippen LogP contribution in [0.15, 0.2) is 12.3 Å². The van der Waals surface area contributed by atoms with E-state index in [1.807, 2.05) is 6.92 Å². The molecule has 1 heterocycles. The third-order valence-electron chi connectivity index (χ3n) is 2.87. The average Bonchev–Trinajstić information content (AvgIpc) is 2.41. The number of nitrogens with one attached hydrogen (secondary N) is 1. The van der Waals surface area contributed by atoms with Crippen molar-refractivity contribution in [1.29, 1.82) is 0 Å². The highest BCUT2D eigenvalue weighted by atomic mass is 19.4. The zero-order valence-electron chi connectivity index (χ0n) is 11.4. The lowest BCUT2D eigenvalue weighted by Gasteiger charge is -2.11. The number of aliphatic hydroxyl groups is 1. The maximum absolute atomic E-state index is 12.6. The minimum atomic E-state index is -4.66. The zero-order chi connectivity index (χ0) is 16.0. The van der Waals surface area contributed by atoms with Gasteiger partial charge in [0.25, 0.3) is 0 Å². The molecule has 0 amide bonds. The predicted octanol–water partition coefficient (Wildman–Crippen LogP) is 2.83. The van der Waals surface area contributed by atoms with Crippen LogP contribution in [0.3, 0.4) is 0 Å². The molecule has 2 N–H and O–H groups in total. The first kappa shape index (κ1) is 17.2. The number of aliphatic hydroxyl groups excluding tert-OH is 1. The highest BCUT2D eigenvalue weighted by molar-refractivity contribution is 5.61. The number of rotatable bonds is 7. The highest BCUT2D eigenvalue weighted by Crippen LogP contribution is 2.32. The van der Waals surface area contributed by atoms with E-state index in [0.717, 1.165) is 0 Å². The van der Waals surface area contributed by atoms with Gasteiger partial charge in [-0.1, -0.05) is 6.92 Å². The van der Waals surface area contributed by atoms with Crippen molar-refractivity contribution in [2.24, 2.45) is 5.92 Å². The maximum Gasteiger partial charge on any atom is 0.433 e. The highest BCUT2D eigenvalue weighted by Gasteiger charge is 2.34. The summed E-state index contributed by atoms with van der Waals surface area (Å²) >= 11 is 0. The molecular formula is C12H16F3N3O3. The number of halogens is 3. The first-order valence-corrected chi connectivity index (χ1v) is 6.32. The molecule has 0 saturated carbocycles. The summed E-state index contributed by atoms with van der Waals surface area (Å²) in [5.41, 5.74) is -1.89. The van der Waals surface area contributed by atoms with Crippen molar-refractivity contribution in [3.63, 3.8) is 0 Å². The van der Waals surface area contributed by atoms with Gasteiger partial charge in [-0.15, -0.1) is 0 Å². The molecule has 0 aliphatic carbocycles. The lowest BCUT2D eigenvalue weighted by Crippen LogP contribution is -2.12. The monoisotopic (exact) mass is 307 g/mol. The van der Waals surface area contributed by atoms with Gasteiger partial charge < -0.3 is 10.4 Å². The van der Waals surface area contributed by atoms with E-state index >= 15 is 0 Å². The smallest absolute Gasteiger partial charge is 0.396 e. The van der Waals surface area contributed by atoms with Crippen LogP contribution in [0.5, 0.6) is 0 Å². The Balaban J connectivity index is 2.80. The molecule has 1 unspecified atom stereocenters. The van der Waals surface area contributed by atoms with Crippen LogP contribution in [0.2, 0.25) is 0 Å². The van der Waals surface area contributed by atoms with E-state index < -0.39 is 22.5 Å². The quantitative estimate of drug-likeness (QED) is 0.459. The second-order valence-electron chi connectivity index (χ2n) is 4.70. The fourth-order valence-corrected chi connectivity index (χ4v) is 1.66. The van der Waals surface area contributed by atoms with Gasteiger partial charge in [-0.25, -0.2) is 4.98 Å². The number of pyridine rings is 1. The lowest BCUT2D eigenvalue weighted by atomic mass is 10.1. The summed E-state index contributed by atoms with van der Waals surface area (Å²) in [6.45, 7) is 2.12. The molecule has 0 fully saturated rings.